The standard InChI is InChI=1S/C16H14N2O5S/c1-10-12-6-3-7-13(22-2)15(12)23-14(10)16(19)18-24(20,21)11-5-4-8-17-9-11/h3-9H,1-2H3,(H,18,19). The highest BCUT2D eigenvalue weighted by molar-refractivity contribution is 7.90. The lowest BCUT2D eigenvalue weighted by Crippen LogP contribution is -2.30. The molecule has 124 valence electrons. The predicted octanol–water partition coefficient (Wildman–Crippen LogP) is 2.26. The second-order valence-electron chi connectivity index (χ2n) is 5.02. The number of methoxy groups -OCH3 is 1. The minimum Gasteiger partial charge on any atom is -0.493 e. The molecule has 0 saturated carbocycles. The highest BCUT2D eigenvalue weighted by Crippen LogP contribution is 2.32. The van der Waals surface area contributed by atoms with Crippen LogP contribution in [-0.4, -0.2) is 26.4 Å². The molecule has 2 aromatic heterocycles. The van der Waals surface area contributed by atoms with Gasteiger partial charge in [0, 0.05) is 23.3 Å². The Morgan fingerprint density at radius 1 is 1.25 bits per heavy atom. The van der Waals surface area contributed by atoms with Crippen molar-refractivity contribution < 1.29 is 22.4 Å². The molecule has 0 spiro atoms. The average molecular weight is 346 g/mol. The van der Waals surface area contributed by atoms with Crippen molar-refractivity contribution >= 4 is 26.9 Å². The van der Waals surface area contributed by atoms with Crippen molar-refractivity contribution in [2.45, 2.75) is 11.8 Å². The number of carbonyl (C=O) groups excluding carboxylic acids is 1. The molecule has 0 saturated heterocycles. The zero-order valence-electron chi connectivity index (χ0n) is 12.9. The first-order valence-corrected chi connectivity index (χ1v) is 8.45. The van der Waals surface area contributed by atoms with Gasteiger partial charge < -0.3 is 9.15 Å². The van der Waals surface area contributed by atoms with Gasteiger partial charge in [-0.3, -0.25) is 9.78 Å². The van der Waals surface area contributed by atoms with E-state index in [4.69, 9.17) is 9.15 Å². The van der Waals surface area contributed by atoms with Crippen molar-refractivity contribution in [3.8, 4) is 5.75 Å². The Balaban J connectivity index is 1.99. The fourth-order valence-corrected chi connectivity index (χ4v) is 3.24. The summed E-state index contributed by atoms with van der Waals surface area (Å²) in [6.45, 7) is 1.68. The van der Waals surface area contributed by atoms with Crippen LogP contribution in [0.2, 0.25) is 0 Å². The molecule has 2 heterocycles. The number of hydrogen-bond donors (Lipinski definition) is 1. The highest BCUT2D eigenvalue weighted by atomic mass is 32.2. The number of ether oxygens (including phenoxy) is 1. The third kappa shape index (κ3) is 2.71. The summed E-state index contributed by atoms with van der Waals surface area (Å²) in [5, 5.41) is 0.679. The number of fused-ring (bicyclic) bond motifs is 1. The van der Waals surface area contributed by atoms with Crippen LogP contribution < -0.4 is 9.46 Å². The summed E-state index contributed by atoms with van der Waals surface area (Å²) >= 11 is 0. The van der Waals surface area contributed by atoms with Gasteiger partial charge in [-0.05, 0) is 25.1 Å². The average Bonchev–Trinajstić information content (AvgIpc) is 2.92. The Kier molecular flexibility index (Phi) is 3.98. The molecule has 1 aromatic carbocycles. The van der Waals surface area contributed by atoms with Gasteiger partial charge in [0.1, 0.15) is 4.90 Å². The smallest absolute Gasteiger partial charge is 0.301 e. The molecule has 0 atom stereocenters. The zero-order chi connectivity index (χ0) is 17.3. The van der Waals surface area contributed by atoms with Crippen molar-refractivity contribution in [1.29, 1.82) is 0 Å². The Labute approximate surface area is 138 Å². The third-order valence-corrected chi connectivity index (χ3v) is 4.84. The molecule has 24 heavy (non-hydrogen) atoms. The predicted molar refractivity (Wildman–Crippen MR) is 86.4 cm³/mol. The van der Waals surface area contributed by atoms with Gasteiger partial charge in [0.15, 0.2) is 17.1 Å². The van der Waals surface area contributed by atoms with E-state index in [-0.39, 0.29) is 10.7 Å². The fraction of sp³-hybridized carbons (Fsp3) is 0.125. The van der Waals surface area contributed by atoms with Crippen LogP contribution in [0.15, 0.2) is 52.0 Å². The maximum Gasteiger partial charge on any atom is 0.301 e. The number of sulfonamides is 1. The maximum absolute atomic E-state index is 12.4. The summed E-state index contributed by atoms with van der Waals surface area (Å²) in [7, 11) is -2.55. The van der Waals surface area contributed by atoms with Crippen molar-refractivity contribution in [1.82, 2.24) is 9.71 Å². The first kappa shape index (κ1) is 16.0. The van der Waals surface area contributed by atoms with Gasteiger partial charge in [0.05, 0.1) is 7.11 Å². The molecular formula is C16H14N2O5S. The van der Waals surface area contributed by atoms with Crippen molar-refractivity contribution in [3.05, 3.63) is 54.0 Å². The largest absolute Gasteiger partial charge is 0.493 e. The van der Waals surface area contributed by atoms with Gasteiger partial charge in [-0.25, -0.2) is 13.1 Å². The number of benzene rings is 1. The molecule has 0 aliphatic carbocycles. The molecular weight excluding hydrogens is 332 g/mol. The van der Waals surface area contributed by atoms with Gasteiger partial charge >= 0.3 is 5.91 Å². The monoisotopic (exact) mass is 346 g/mol. The van der Waals surface area contributed by atoms with Gasteiger partial charge in [0.2, 0.25) is 0 Å². The molecule has 0 bridgehead atoms. The van der Waals surface area contributed by atoms with Crippen molar-refractivity contribution in [2.24, 2.45) is 0 Å². The SMILES string of the molecule is COc1cccc2c(C)c(C(=O)NS(=O)(=O)c3cccnc3)oc12. The van der Waals surface area contributed by atoms with E-state index in [1.807, 2.05) is 4.72 Å². The third-order valence-electron chi connectivity index (χ3n) is 3.53. The number of carbonyl (C=O) groups is 1. The number of furan rings is 1. The van der Waals surface area contributed by atoms with Crippen molar-refractivity contribution in [3.63, 3.8) is 0 Å². The number of pyridine rings is 1. The molecule has 0 fully saturated rings. The van der Waals surface area contributed by atoms with E-state index in [0.29, 0.717) is 22.3 Å². The second-order valence-corrected chi connectivity index (χ2v) is 6.70. The summed E-state index contributed by atoms with van der Waals surface area (Å²) < 4.78 is 37.2. The summed E-state index contributed by atoms with van der Waals surface area (Å²) in [6, 6.07) is 8.04. The molecule has 0 unspecified atom stereocenters. The molecule has 1 N–H and O–H groups in total. The highest BCUT2D eigenvalue weighted by Gasteiger charge is 2.24. The number of aryl methyl sites for hydroxylation is 1. The number of amides is 1. The van der Waals surface area contributed by atoms with Crippen LogP contribution in [0.3, 0.4) is 0 Å². The van der Waals surface area contributed by atoms with Crippen LogP contribution in [0.25, 0.3) is 11.0 Å². The molecule has 3 rings (SSSR count). The van der Waals surface area contributed by atoms with Crippen LogP contribution in [0.4, 0.5) is 0 Å². The molecule has 3 aromatic rings. The van der Waals surface area contributed by atoms with Crippen LogP contribution >= 0.6 is 0 Å². The topological polar surface area (TPSA) is 98.5 Å². The Hall–Kier alpha value is -2.87. The van der Waals surface area contributed by atoms with E-state index >= 15 is 0 Å². The van der Waals surface area contributed by atoms with E-state index in [1.54, 1.807) is 25.1 Å². The molecule has 0 radical (unpaired) electrons. The minimum atomic E-state index is -4.03. The lowest BCUT2D eigenvalue weighted by molar-refractivity contribution is 0.0955. The number of para-hydroxylation sites is 1. The lowest BCUT2D eigenvalue weighted by Gasteiger charge is -2.05. The number of nitrogens with zero attached hydrogens (tertiary/aromatic N) is 1. The van der Waals surface area contributed by atoms with Crippen LogP contribution in [0, 0.1) is 6.92 Å². The van der Waals surface area contributed by atoms with E-state index in [0.717, 1.165) is 6.20 Å². The lowest BCUT2D eigenvalue weighted by atomic mass is 10.1. The number of rotatable bonds is 4. The van der Waals surface area contributed by atoms with Crippen LogP contribution in [-0.2, 0) is 10.0 Å². The van der Waals surface area contributed by atoms with E-state index in [2.05, 4.69) is 4.98 Å². The molecule has 0 aliphatic heterocycles. The summed E-state index contributed by atoms with van der Waals surface area (Å²) in [6.07, 6.45) is 2.60. The number of nitrogens with one attached hydrogen (secondary N) is 1. The first-order chi connectivity index (χ1) is 11.4. The van der Waals surface area contributed by atoms with Crippen LogP contribution in [0.5, 0.6) is 5.75 Å². The minimum absolute atomic E-state index is 0.0815. The maximum atomic E-state index is 12.4. The molecule has 8 heteroatoms. The van der Waals surface area contributed by atoms with Gasteiger partial charge in [0.25, 0.3) is 10.0 Å². The van der Waals surface area contributed by atoms with Gasteiger partial charge in [-0.1, -0.05) is 12.1 Å². The Morgan fingerprint density at radius 2 is 2.04 bits per heavy atom. The quantitative estimate of drug-likeness (QED) is 0.778. The Morgan fingerprint density at radius 3 is 2.71 bits per heavy atom. The van der Waals surface area contributed by atoms with E-state index in [1.165, 1.54) is 25.4 Å². The second kappa shape index (κ2) is 5.97. The zero-order valence-corrected chi connectivity index (χ0v) is 13.8. The Bertz CT molecular complexity index is 1010. The normalized spacial score (nSPS) is 11.4. The molecule has 7 nitrogen and oxygen atoms in total. The fourth-order valence-electron chi connectivity index (χ4n) is 2.33. The van der Waals surface area contributed by atoms with Crippen LogP contribution in [0.1, 0.15) is 16.1 Å². The summed E-state index contributed by atoms with van der Waals surface area (Å²) in [4.78, 5) is 16.0. The van der Waals surface area contributed by atoms with Crippen molar-refractivity contribution in [2.75, 3.05) is 7.11 Å². The first-order valence-electron chi connectivity index (χ1n) is 6.97. The summed E-state index contributed by atoms with van der Waals surface area (Å²) in [5.74, 6) is -0.471. The number of hydrogen-bond acceptors (Lipinski definition) is 6. The van der Waals surface area contributed by atoms with E-state index in [9.17, 15) is 13.2 Å². The summed E-state index contributed by atoms with van der Waals surface area (Å²) in [5.41, 5.74) is 0.921. The van der Waals surface area contributed by atoms with Gasteiger partial charge in [-0.2, -0.15) is 0 Å². The molecule has 1 amide bonds. The molecule has 0 aliphatic rings. The van der Waals surface area contributed by atoms with Gasteiger partial charge in [-0.15, -0.1) is 0 Å². The number of aromatic nitrogens is 1. The van der Waals surface area contributed by atoms with E-state index < -0.39 is 15.9 Å².